The van der Waals surface area contributed by atoms with E-state index in [4.69, 9.17) is 0 Å². The van der Waals surface area contributed by atoms with Crippen molar-refractivity contribution in [2.45, 2.75) is 6.54 Å². The van der Waals surface area contributed by atoms with Gasteiger partial charge in [-0.05, 0) is 11.6 Å². The van der Waals surface area contributed by atoms with Gasteiger partial charge in [0.25, 0.3) is 0 Å². The third kappa shape index (κ3) is 0.935. The number of fused-ring (bicyclic) bond motifs is 2. The second-order valence-electron chi connectivity index (χ2n) is 3.16. The molecule has 3 heteroatoms. The molecular weight excluding hydrogens is 162 g/mol. The van der Waals surface area contributed by atoms with E-state index in [-0.39, 0.29) is 0 Å². The molecule has 64 valence electrons. The van der Waals surface area contributed by atoms with Crippen LogP contribution in [0.1, 0.15) is 5.56 Å². The molecule has 1 aromatic heterocycles. The van der Waals surface area contributed by atoms with E-state index in [1.54, 1.807) is 0 Å². The highest BCUT2D eigenvalue weighted by atomic mass is 15.3. The SMILES string of the molecule is c1ccc2c(c1)Cn1nccc1N2. The molecule has 0 fully saturated rings. The van der Waals surface area contributed by atoms with Gasteiger partial charge in [-0.15, -0.1) is 0 Å². The van der Waals surface area contributed by atoms with Crippen LogP contribution in [-0.2, 0) is 6.54 Å². The van der Waals surface area contributed by atoms with Crippen molar-refractivity contribution in [2.24, 2.45) is 0 Å². The topological polar surface area (TPSA) is 29.9 Å². The largest absolute Gasteiger partial charge is 0.340 e. The van der Waals surface area contributed by atoms with Crippen LogP contribution >= 0.6 is 0 Å². The quantitative estimate of drug-likeness (QED) is 0.560. The van der Waals surface area contributed by atoms with Crippen molar-refractivity contribution < 1.29 is 0 Å². The van der Waals surface area contributed by atoms with E-state index in [2.05, 4.69) is 28.6 Å². The Morgan fingerprint density at radius 3 is 3.15 bits per heavy atom. The van der Waals surface area contributed by atoms with E-state index >= 15 is 0 Å². The van der Waals surface area contributed by atoms with E-state index in [9.17, 15) is 0 Å². The highest BCUT2D eigenvalue weighted by molar-refractivity contribution is 5.63. The van der Waals surface area contributed by atoms with Gasteiger partial charge in [-0.3, -0.25) is 0 Å². The Kier molecular flexibility index (Phi) is 1.22. The maximum absolute atomic E-state index is 4.21. The maximum Gasteiger partial charge on any atom is 0.129 e. The normalized spacial score (nSPS) is 12.9. The summed E-state index contributed by atoms with van der Waals surface area (Å²) in [6.45, 7) is 0.867. The van der Waals surface area contributed by atoms with Crippen molar-refractivity contribution in [2.75, 3.05) is 5.32 Å². The van der Waals surface area contributed by atoms with Crippen molar-refractivity contribution in [3.05, 3.63) is 42.1 Å². The summed E-state index contributed by atoms with van der Waals surface area (Å²) in [5.41, 5.74) is 2.48. The molecule has 3 rings (SSSR count). The highest BCUT2D eigenvalue weighted by Gasteiger charge is 2.12. The first kappa shape index (κ1) is 6.71. The van der Waals surface area contributed by atoms with Crippen LogP contribution < -0.4 is 5.32 Å². The molecule has 0 aliphatic carbocycles. The lowest BCUT2D eigenvalue weighted by atomic mass is 10.1. The van der Waals surface area contributed by atoms with Gasteiger partial charge in [0, 0.05) is 11.8 Å². The van der Waals surface area contributed by atoms with Gasteiger partial charge in [0.1, 0.15) is 5.82 Å². The van der Waals surface area contributed by atoms with Crippen molar-refractivity contribution in [3.63, 3.8) is 0 Å². The Hall–Kier alpha value is -1.77. The minimum absolute atomic E-state index is 0.867. The first-order valence-corrected chi connectivity index (χ1v) is 4.30. The summed E-state index contributed by atoms with van der Waals surface area (Å²) in [6.07, 6.45) is 1.81. The van der Waals surface area contributed by atoms with Crippen LogP contribution in [0, 0.1) is 0 Å². The van der Waals surface area contributed by atoms with Crippen LogP contribution in [0.4, 0.5) is 11.5 Å². The molecule has 1 aliphatic heterocycles. The lowest BCUT2D eigenvalue weighted by Gasteiger charge is -2.19. The van der Waals surface area contributed by atoms with Gasteiger partial charge in [-0.25, -0.2) is 4.68 Å². The van der Waals surface area contributed by atoms with Gasteiger partial charge < -0.3 is 5.32 Å². The molecule has 2 heterocycles. The monoisotopic (exact) mass is 171 g/mol. The Labute approximate surface area is 76.0 Å². The van der Waals surface area contributed by atoms with Crippen molar-refractivity contribution >= 4 is 11.5 Å². The fourth-order valence-corrected chi connectivity index (χ4v) is 1.64. The fourth-order valence-electron chi connectivity index (χ4n) is 1.64. The lowest BCUT2D eigenvalue weighted by Crippen LogP contribution is -2.13. The zero-order chi connectivity index (χ0) is 8.67. The second kappa shape index (κ2) is 2.36. The first-order valence-electron chi connectivity index (χ1n) is 4.30. The van der Waals surface area contributed by atoms with Crippen molar-refractivity contribution in [3.8, 4) is 0 Å². The van der Waals surface area contributed by atoms with E-state index in [1.807, 2.05) is 23.0 Å². The van der Waals surface area contributed by atoms with Crippen LogP contribution in [0.3, 0.4) is 0 Å². The average Bonchev–Trinajstić information content (AvgIpc) is 2.61. The molecule has 0 saturated heterocycles. The zero-order valence-corrected chi connectivity index (χ0v) is 7.07. The Morgan fingerprint density at radius 2 is 2.15 bits per heavy atom. The summed E-state index contributed by atoms with van der Waals surface area (Å²) in [5, 5.41) is 7.53. The fraction of sp³-hybridized carbons (Fsp3) is 0.100. The Balaban J connectivity index is 2.14. The molecule has 0 atom stereocenters. The third-order valence-corrected chi connectivity index (χ3v) is 2.32. The lowest BCUT2D eigenvalue weighted by molar-refractivity contribution is 0.685. The molecule has 0 spiro atoms. The van der Waals surface area contributed by atoms with Crippen LogP contribution in [0.25, 0.3) is 0 Å². The van der Waals surface area contributed by atoms with Gasteiger partial charge in [-0.2, -0.15) is 5.10 Å². The highest BCUT2D eigenvalue weighted by Crippen LogP contribution is 2.26. The predicted octanol–water partition coefficient (Wildman–Crippen LogP) is 1.99. The molecule has 2 aromatic rings. The smallest absolute Gasteiger partial charge is 0.129 e. The van der Waals surface area contributed by atoms with E-state index in [0.29, 0.717) is 0 Å². The van der Waals surface area contributed by atoms with E-state index in [0.717, 1.165) is 12.4 Å². The van der Waals surface area contributed by atoms with Gasteiger partial charge in [0.05, 0.1) is 12.7 Å². The van der Waals surface area contributed by atoms with Crippen molar-refractivity contribution in [1.29, 1.82) is 0 Å². The van der Waals surface area contributed by atoms with Crippen LogP contribution in [0.15, 0.2) is 36.5 Å². The number of hydrogen-bond donors (Lipinski definition) is 1. The molecule has 0 unspecified atom stereocenters. The molecule has 0 radical (unpaired) electrons. The summed E-state index contributed by atoms with van der Waals surface area (Å²) in [7, 11) is 0. The molecular formula is C10H9N3. The van der Waals surface area contributed by atoms with Gasteiger partial charge in [-0.1, -0.05) is 18.2 Å². The molecule has 1 aromatic carbocycles. The standard InChI is InChI=1S/C10H9N3/c1-2-4-9-8(3-1)7-13-10(12-9)5-6-11-13/h1-6,12H,7H2. The molecule has 3 nitrogen and oxygen atoms in total. The Morgan fingerprint density at radius 1 is 1.23 bits per heavy atom. The third-order valence-electron chi connectivity index (χ3n) is 2.32. The molecule has 0 saturated carbocycles. The minimum atomic E-state index is 0.867. The molecule has 0 bridgehead atoms. The number of anilines is 2. The van der Waals surface area contributed by atoms with Gasteiger partial charge in [0.15, 0.2) is 0 Å². The van der Waals surface area contributed by atoms with Crippen molar-refractivity contribution in [1.82, 2.24) is 9.78 Å². The van der Waals surface area contributed by atoms with Gasteiger partial charge in [0.2, 0.25) is 0 Å². The number of rotatable bonds is 0. The summed E-state index contributed by atoms with van der Waals surface area (Å²) >= 11 is 0. The second-order valence-corrected chi connectivity index (χ2v) is 3.16. The van der Waals surface area contributed by atoms with Gasteiger partial charge >= 0.3 is 0 Å². The van der Waals surface area contributed by atoms with Crippen LogP contribution in [0.2, 0.25) is 0 Å². The average molecular weight is 171 g/mol. The molecule has 1 N–H and O–H groups in total. The number of nitrogens with one attached hydrogen (secondary N) is 1. The first-order chi connectivity index (χ1) is 6.43. The zero-order valence-electron chi connectivity index (χ0n) is 7.07. The number of nitrogens with zero attached hydrogens (tertiary/aromatic N) is 2. The minimum Gasteiger partial charge on any atom is -0.340 e. The van der Waals surface area contributed by atoms with Crippen LogP contribution in [-0.4, -0.2) is 9.78 Å². The molecule has 13 heavy (non-hydrogen) atoms. The summed E-state index contributed by atoms with van der Waals surface area (Å²) in [6, 6.07) is 10.3. The van der Waals surface area contributed by atoms with E-state index < -0.39 is 0 Å². The summed E-state index contributed by atoms with van der Waals surface area (Å²) in [5.74, 6) is 1.07. The number of hydrogen-bond acceptors (Lipinski definition) is 2. The predicted molar refractivity (Wildman–Crippen MR) is 51.1 cm³/mol. The summed E-state index contributed by atoms with van der Waals surface area (Å²) < 4.78 is 1.96. The Bertz CT molecular complexity index is 405. The van der Waals surface area contributed by atoms with Crippen LogP contribution in [0.5, 0.6) is 0 Å². The number of benzene rings is 1. The van der Waals surface area contributed by atoms with E-state index in [1.165, 1.54) is 11.3 Å². The summed E-state index contributed by atoms with van der Waals surface area (Å²) in [4.78, 5) is 0. The number of para-hydroxylation sites is 1. The number of aromatic nitrogens is 2. The maximum atomic E-state index is 4.21. The molecule has 1 aliphatic rings. The molecule has 0 amide bonds.